The van der Waals surface area contributed by atoms with Crippen molar-refractivity contribution in [2.24, 2.45) is 0 Å². The van der Waals surface area contributed by atoms with E-state index in [1.807, 2.05) is 6.07 Å². The molecule has 0 unspecified atom stereocenters. The van der Waals surface area contributed by atoms with E-state index in [1.54, 1.807) is 24.3 Å². The van der Waals surface area contributed by atoms with Crippen LogP contribution in [0.5, 0.6) is 0 Å². The van der Waals surface area contributed by atoms with Crippen molar-refractivity contribution < 1.29 is 9.59 Å². The molecular formula is C19H22N2O2S. The molecule has 0 spiro atoms. The summed E-state index contributed by atoms with van der Waals surface area (Å²) in [5.74, 6) is -0.198. The summed E-state index contributed by atoms with van der Waals surface area (Å²) in [6.07, 6.45) is 4.17. The second-order valence-corrected chi connectivity index (χ2v) is 7.48. The highest BCUT2D eigenvalue weighted by Gasteiger charge is 2.23. The fourth-order valence-electron chi connectivity index (χ4n) is 2.58. The highest BCUT2D eigenvalue weighted by atomic mass is 32.1. The van der Waals surface area contributed by atoms with Crippen LogP contribution in [0.15, 0.2) is 30.3 Å². The van der Waals surface area contributed by atoms with E-state index < -0.39 is 0 Å². The summed E-state index contributed by atoms with van der Waals surface area (Å²) in [5.41, 5.74) is 2.46. The van der Waals surface area contributed by atoms with Gasteiger partial charge in [0.2, 0.25) is 0 Å². The number of benzene rings is 1. The molecule has 3 rings (SSSR count). The molecule has 0 aliphatic heterocycles. The van der Waals surface area contributed by atoms with Crippen LogP contribution in [-0.4, -0.2) is 17.9 Å². The average molecular weight is 342 g/mol. The molecule has 1 heterocycles. The molecule has 1 fully saturated rings. The standard InChI is InChI=1S/C19H22N2O2S/c1-3-5-13-11-17(24-12(13)2)19(23)21-16-7-4-6-14(10-16)18(22)20-15-8-9-15/h4,6-7,10-11,15H,3,5,8-9H2,1-2H3,(H,20,22)(H,21,23). The van der Waals surface area contributed by atoms with Crippen molar-refractivity contribution in [2.45, 2.75) is 45.6 Å². The number of hydrogen-bond donors (Lipinski definition) is 2. The van der Waals surface area contributed by atoms with Gasteiger partial charge in [-0.2, -0.15) is 0 Å². The highest BCUT2D eigenvalue weighted by molar-refractivity contribution is 7.14. The third kappa shape index (κ3) is 4.03. The molecule has 126 valence electrons. The van der Waals surface area contributed by atoms with Crippen LogP contribution in [0.2, 0.25) is 0 Å². The van der Waals surface area contributed by atoms with Crippen LogP contribution in [0, 0.1) is 6.92 Å². The second kappa shape index (κ2) is 7.18. The van der Waals surface area contributed by atoms with Crippen LogP contribution >= 0.6 is 11.3 Å². The summed E-state index contributed by atoms with van der Waals surface area (Å²) < 4.78 is 0. The van der Waals surface area contributed by atoms with Gasteiger partial charge in [0, 0.05) is 22.2 Å². The minimum Gasteiger partial charge on any atom is -0.349 e. The summed E-state index contributed by atoms with van der Waals surface area (Å²) >= 11 is 1.52. The Morgan fingerprint density at radius 1 is 1.21 bits per heavy atom. The molecule has 0 bridgehead atoms. The summed E-state index contributed by atoms with van der Waals surface area (Å²) in [5, 5.41) is 5.85. The van der Waals surface area contributed by atoms with E-state index in [-0.39, 0.29) is 11.8 Å². The Kier molecular flexibility index (Phi) is 5.00. The predicted octanol–water partition coefficient (Wildman–Crippen LogP) is 4.15. The molecule has 0 saturated heterocycles. The van der Waals surface area contributed by atoms with E-state index in [2.05, 4.69) is 24.5 Å². The quantitative estimate of drug-likeness (QED) is 0.828. The van der Waals surface area contributed by atoms with Gasteiger partial charge in [0.1, 0.15) is 0 Å². The SMILES string of the molecule is CCCc1cc(C(=O)Nc2cccc(C(=O)NC3CC3)c2)sc1C. The van der Waals surface area contributed by atoms with Gasteiger partial charge in [0.15, 0.2) is 0 Å². The Hall–Kier alpha value is -2.14. The van der Waals surface area contributed by atoms with Crippen LogP contribution < -0.4 is 10.6 Å². The number of thiophene rings is 1. The van der Waals surface area contributed by atoms with Crippen LogP contribution in [0.1, 0.15) is 56.7 Å². The summed E-state index contributed by atoms with van der Waals surface area (Å²) in [4.78, 5) is 26.5. The Labute approximate surface area is 146 Å². The van der Waals surface area contributed by atoms with Crippen molar-refractivity contribution in [3.63, 3.8) is 0 Å². The number of amides is 2. The maximum absolute atomic E-state index is 12.5. The topological polar surface area (TPSA) is 58.2 Å². The molecule has 1 aromatic carbocycles. The highest BCUT2D eigenvalue weighted by Crippen LogP contribution is 2.24. The first kappa shape index (κ1) is 16.7. The lowest BCUT2D eigenvalue weighted by Gasteiger charge is -2.07. The van der Waals surface area contributed by atoms with Gasteiger partial charge in [-0.05, 0) is 56.0 Å². The first-order valence-corrected chi connectivity index (χ1v) is 9.20. The van der Waals surface area contributed by atoms with E-state index in [4.69, 9.17) is 0 Å². The smallest absolute Gasteiger partial charge is 0.265 e. The minimum absolute atomic E-state index is 0.0780. The monoisotopic (exact) mass is 342 g/mol. The van der Waals surface area contributed by atoms with Gasteiger partial charge >= 0.3 is 0 Å². The number of carbonyl (C=O) groups is 2. The van der Waals surface area contributed by atoms with E-state index in [1.165, 1.54) is 21.8 Å². The number of hydrogen-bond acceptors (Lipinski definition) is 3. The molecule has 2 aromatic rings. The zero-order valence-corrected chi connectivity index (χ0v) is 14.8. The van der Waals surface area contributed by atoms with E-state index >= 15 is 0 Å². The molecular weight excluding hydrogens is 320 g/mol. The number of rotatable bonds is 6. The molecule has 5 heteroatoms. The van der Waals surface area contributed by atoms with Gasteiger partial charge in [0.05, 0.1) is 4.88 Å². The third-order valence-electron chi connectivity index (χ3n) is 4.06. The van der Waals surface area contributed by atoms with Crippen molar-refractivity contribution in [3.05, 3.63) is 51.2 Å². The Morgan fingerprint density at radius 2 is 2.00 bits per heavy atom. The van der Waals surface area contributed by atoms with Crippen molar-refractivity contribution >= 4 is 28.8 Å². The number of anilines is 1. The molecule has 1 aliphatic carbocycles. The Morgan fingerprint density at radius 3 is 2.71 bits per heavy atom. The van der Waals surface area contributed by atoms with Crippen LogP contribution in [0.3, 0.4) is 0 Å². The molecule has 1 saturated carbocycles. The molecule has 4 nitrogen and oxygen atoms in total. The first-order chi connectivity index (χ1) is 11.6. The van der Waals surface area contributed by atoms with Gasteiger partial charge < -0.3 is 10.6 Å². The van der Waals surface area contributed by atoms with Crippen LogP contribution in [0.25, 0.3) is 0 Å². The lowest BCUT2D eigenvalue weighted by Crippen LogP contribution is -2.25. The maximum Gasteiger partial charge on any atom is 0.265 e. The minimum atomic E-state index is -0.120. The van der Waals surface area contributed by atoms with Crippen molar-refractivity contribution in [2.75, 3.05) is 5.32 Å². The van der Waals surface area contributed by atoms with Crippen molar-refractivity contribution in [1.82, 2.24) is 5.32 Å². The van der Waals surface area contributed by atoms with Gasteiger partial charge in [-0.25, -0.2) is 0 Å². The first-order valence-electron chi connectivity index (χ1n) is 8.38. The molecule has 2 amide bonds. The van der Waals surface area contributed by atoms with Gasteiger partial charge in [0.25, 0.3) is 11.8 Å². The van der Waals surface area contributed by atoms with E-state index in [0.717, 1.165) is 25.7 Å². The largest absolute Gasteiger partial charge is 0.349 e. The molecule has 2 N–H and O–H groups in total. The Balaban J connectivity index is 1.69. The predicted molar refractivity (Wildman–Crippen MR) is 97.9 cm³/mol. The Bertz CT molecular complexity index is 762. The summed E-state index contributed by atoms with van der Waals surface area (Å²) in [6.45, 7) is 4.18. The molecule has 24 heavy (non-hydrogen) atoms. The van der Waals surface area contributed by atoms with Crippen LogP contribution in [0.4, 0.5) is 5.69 Å². The fourth-order valence-corrected chi connectivity index (χ4v) is 3.54. The number of carbonyl (C=O) groups excluding carboxylic acids is 2. The van der Waals surface area contributed by atoms with Crippen LogP contribution in [-0.2, 0) is 6.42 Å². The van der Waals surface area contributed by atoms with Crippen molar-refractivity contribution in [3.8, 4) is 0 Å². The molecule has 1 aromatic heterocycles. The maximum atomic E-state index is 12.5. The molecule has 0 atom stereocenters. The third-order valence-corrected chi connectivity index (χ3v) is 5.15. The average Bonchev–Trinajstić information content (AvgIpc) is 3.30. The van der Waals surface area contributed by atoms with Crippen molar-refractivity contribution in [1.29, 1.82) is 0 Å². The molecule has 1 aliphatic rings. The molecule has 0 radical (unpaired) electrons. The number of aryl methyl sites for hydroxylation is 2. The van der Waals surface area contributed by atoms with Gasteiger partial charge in [-0.3, -0.25) is 9.59 Å². The second-order valence-electron chi connectivity index (χ2n) is 6.22. The van der Waals surface area contributed by atoms with Gasteiger partial charge in [-0.1, -0.05) is 19.4 Å². The zero-order chi connectivity index (χ0) is 17.1. The number of nitrogens with one attached hydrogen (secondary N) is 2. The van der Waals surface area contributed by atoms with E-state index in [9.17, 15) is 9.59 Å². The zero-order valence-electron chi connectivity index (χ0n) is 14.0. The fraction of sp³-hybridized carbons (Fsp3) is 0.368. The summed E-state index contributed by atoms with van der Waals surface area (Å²) in [6, 6.07) is 9.38. The lowest BCUT2D eigenvalue weighted by atomic mass is 10.1. The normalized spacial score (nSPS) is 13.6. The lowest BCUT2D eigenvalue weighted by molar-refractivity contribution is 0.0949. The summed E-state index contributed by atoms with van der Waals surface area (Å²) in [7, 11) is 0. The van der Waals surface area contributed by atoms with Gasteiger partial charge in [-0.15, -0.1) is 11.3 Å². The van der Waals surface area contributed by atoms with E-state index in [0.29, 0.717) is 22.2 Å².